The second-order valence-electron chi connectivity index (χ2n) is 3.78. The molecule has 0 bridgehead atoms. The zero-order valence-electron chi connectivity index (χ0n) is 10.5. The second kappa shape index (κ2) is 9.19. The topological polar surface area (TPSA) is 55.6 Å². The first kappa shape index (κ1) is 17.2. The van der Waals surface area contributed by atoms with E-state index in [0.717, 1.165) is 19.6 Å². The molecule has 98 valence electrons. The molecule has 0 aromatic heterocycles. The molecule has 1 aromatic rings. The van der Waals surface area contributed by atoms with E-state index in [0.29, 0.717) is 17.9 Å². The maximum atomic E-state index is 11.6. The Hall–Kier alpha value is -0.784. The largest absolute Gasteiger partial charge is 0.461 e. The Bertz CT molecular complexity index is 351. The third-order valence-electron chi connectivity index (χ3n) is 2.68. The molecule has 0 spiro atoms. The van der Waals surface area contributed by atoms with Crippen molar-refractivity contribution in [2.45, 2.75) is 13.8 Å². The van der Waals surface area contributed by atoms with Crippen molar-refractivity contribution >= 4 is 34.7 Å². The maximum absolute atomic E-state index is 11.6. The fourth-order valence-electron chi connectivity index (χ4n) is 1.51. The zero-order valence-corrected chi connectivity index (χ0v) is 10.5. The number of esters is 1. The smallest absolute Gasteiger partial charge is 0.338 e. The summed E-state index contributed by atoms with van der Waals surface area (Å²) in [6, 6.07) is 6.74. The second-order valence-corrected chi connectivity index (χ2v) is 3.78. The van der Waals surface area contributed by atoms with Gasteiger partial charge in [-0.3, -0.25) is 0 Å². The first-order chi connectivity index (χ1) is 8.17. The molecular weight excluding hydrogens is 240 g/mol. The summed E-state index contributed by atoms with van der Waals surface area (Å²) in [6.07, 6.45) is 0. The zero-order chi connectivity index (χ0) is 12.7. The van der Waals surface area contributed by atoms with Crippen molar-refractivity contribution in [2.24, 2.45) is 0 Å². The van der Waals surface area contributed by atoms with Gasteiger partial charge in [0.2, 0.25) is 0 Å². The van der Waals surface area contributed by atoms with Gasteiger partial charge in [0.05, 0.1) is 5.56 Å². The van der Waals surface area contributed by atoms with Crippen molar-refractivity contribution in [3.63, 3.8) is 0 Å². The average Bonchev–Trinajstić information content (AvgIpc) is 2.35. The Morgan fingerprint density at radius 3 is 2.28 bits per heavy atom. The number of rotatable bonds is 6. The van der Waals surface area contributed by atoms with Crippen LogP contribution in [0.3, 0.4) is 0 Å². The van der Waals surface area contributed by atoms with Gasteiger partial charge in [-0.05, 0) is 37.4 Å². The van der Waals surface area contributed by atoms with Gasteiger partial charge in [0.1, 0.15) is 6.61 Å². The average molecular weight is 263 g/mol. The molecule has 0 saturated heterocycles. The van der Waals surface area contributed by atoms with E-state index >= 15 is 0 Å². The molecule has 2 N–H and O–H groups in total. The number of ether oxygens (including phenoxy) is 1. The Morgan fingerprint density at radius 2 is 1.78 bits per heavy atom. The summed E-state index contributed by atoms with van der Waals surface area (Å²) in [4.78, 5) is 13.8. The lowest BCUT2D eigenvalue weighted by atomic mass is 10.2. The van der Waals surface area contributed by atoms with E-state index in [2.05, 4.69) is 18.7 Å². The number of anilines is 1. The molecule has 0 fully saturated rings. The predicted octanol–water partition coefficient (Wildman–Crippen LogP) is 0.851. The highest BCUT2D eigenvalue weighted by molar-refractivity contribution is 5.89. The molecule has 4 nitrogen and oxygen atoms in total. The van der Waals surface area contributed by atoms with Crippen LogP contribution in [0.25, 0.3) is 0 Å². The van der Waals surface area contributed by atoms with Crippen LogP contribution in [-0.2, 0) is 4.74 Å². The van der Waals surface area contributed by atoms with E-state index in [4.69, 9.17) is 10.5 Å². The number of hydrogen-bond donors (Lipinski definition) is 1. The summed E-state index contributed by atoms with van der Waals surface area (Å²) >= 11 is 0. The molecular formula is C13H22MgN2O2. The van der Waals surface area contributed by atoms with Crippen molar-refractivity contribution in [1.82, 2.24) is 4.90 Å². The van der Waals surface area contributed by atoms with Crippen molar-refractivity contribution < 1.29 is 9.53 Å². The van der Waals surface area contributed by atoms with Gasteiger partial charge in [0.25, 0.3) is 0 Å². The highest BCUT2D eigenvalue weighted by Crippen LogP contribution is 2.06. The lowest BCUT2D eigenvalue weighted by Crippen LogP contribution is -2.27. The number of hydrogen-bond acceptors (Lipinski definition) is 4. The first-order valence-electron chi connectivity index (χ1n) is 5.92. The molecule has 1 rings (SSSR count). The van der Waals surface area contributed by atoms with E-state index < -0.39 is 0 Å². The minimum atomic E-state index is -0.294. The number of nitrogens with zero attached hydrogens (tertiary/aromatic N) is 1. The number of likely N-dealkylation sites (N-methyl/N-ethyl adjacent to an activating group) is 1. The van der Waals surface area contributed by atoms with E-state index in [1.54, 1.807) is 24.3 Å². The van der Waals surface area contributed by atoms with E-state index in [1.807, 2.05) is 0 Å². The monoisotopic (exact) mass is 262 g/mol. The quantitative estimate of drug-likeness (QED) is 0.469. The van der Waals surface area contributed by atoms with Crippen molar-refractivity contribution in [3.8, 4) is 0 Å². The van der Waals surface area contributed by atoms with Crippen molar-refractivity contribution in [1.29, 1.82) is 0 Å². The van der Waals surface area contributed by atoms with Gasteiger partial charge in [0, 0.05) is 12.2 Å². The molecule has 0 aliphatic heterocycles. The summed E-state index contributed by atoms with van der Waals surface area (Å²) < 4.78 is 5.18. The summed E-state index contributed by atoms with van der Waals surface area (Å²) in [7, 11) is 0. The van der Waals surface area contributed by atoms with E-state index in [1.165, 1.54) is 0 Å². The number of carbonyl (C=O) groups is 1. The molecule has 0 unspecified atom stereocenters. The van der Waals surface area contributed by atoms with Gasteiger partial charge in [-0.15, -0.1) is 0 Å². The van der Waals surface area contributed by atoms with Gasteiger partial charge >= 0.3 is 29.0 Å². The molecule has 1 aromatic carbocycles. The van der Waals surface area contributed by atoms with Crippen LogP contribution in [0, 0.1) is 0 Å². The highest BCUT2D eigenvalue weighted by atomic mass is 24.3. The van der Waals surface area contributed by atoms with Crippen LogP contribution >= 0.6 is 0 Å². The molecule has 5 heteroatoms. The number of benzene rings is 1. The predicted molar refractivity (Wildman–Crippen MR) is 77.5 cm³/mol. The van der Waals surface area contributed by atoms with Gasteiger partial charge in [-0.25, -0.2) is 4.79 Å². The molecule has 0 amide bonds. The van der Waals surface area contributed by atoms with Gasteiger partial charge in [0.15, 0.2) is 0 Å². The lowest BCUT2D eigenvalue weighted by Gasteiger charge is -2.17. The van der Waals surface area contributed by atoms with E-state index in [9.17, 15) is 4.79 Å². The first-order valence-corrected chi connectivity index (χ1v) is 5.92. The van der Waals surface area contributed by atoms with Crippen LogP contribution < -0.4 is 5.73 Å². The molecule has 0 saturated carbocycles. The number of nitrogen functional groups attached to an aromatic ring is 1. The summed E-state index contributed by atoms with van der Waals surface area (Å²) in [5.74, 6) is -0.294. The number of carbonyl (C=O) groups excluding carboxylic acids is 1. The van der Waals surface area contributed by atoms with Crippen molar-refractivity contribution in [3.05, 3.63) is 29.8 Å². The minimum absolute atomic E-state index is 0. The molecule has 0 radical (unpaired) electrons. The van der Waals surface area contributed by atoms with Gasteiger partial charge in [-0.2, -0.15) is 0 Å². The minimum Gasteiger partial charge on any atom is -0.461 e. The fourth-order valence-corrected chi connectivity index (χ4v) is 1.51. The fraction of sp³-hybridized carbons (Fsp3) is 0.462. The Kier molecular flexibility index (Phi) is 8.79. The maximum Gasteiger partial charge on any atom is 0.338 e. The van der Waals surface area contributed by atoms with Crippen LogP contribution in [0.1, 0.15) is 24.2 Å². The Balaban J connectivity index is 0.00000289. The molecule has 0 atom stereocenters. The molecule has 0 aliphatic carbocycles. The third kappa shape index (κ3) is 5.71. The van der Waals surface area contributed by atoms with Gasteiger partial charge < -0.3 is 15.4 Å². The SMILES string of the molecule is CCN(CC)CCOC(=O)c1ccc(N)cc1.[MgH2]. The summed E-state index contributed by atoms with van der Waals surface area (Å²) in [5, 5.41) is 0. The van der Waals surface area contributed by atoms with E-state index in [-0.39, 0.29) is 29.0 Å². The summed E-state index contributed by atoms with van der Waals surface area (Å²) in [6.45, 7) is 7.31. The molecule has 0 aliphatic rings. The normalized spacial score (nSPS) is 9.94. The molecule has 0 heterocycles. The van der Waals surface area contributed by atoms with Crippen LogP contribution in [-0.4, -0.2) is 60.2 Å². The van der Waals surface area contributed by atoms with Gasteiger partial charge in [-0.1, -0.05) is 13.8 Å². The van der Waals surface area contributed by atoms with Crippen LogP contribution in [0.15, 0.2) is 24.3 Å². The summed E-state index contributed by atoms with van der Waals surface area (Å²) in [5.41, 5.74) is 6.73. The Labute approximate surface area is 125 Å². The van der Waals surface area contributed by atoms with Crippen LogP contribution in [0.4, 0.5) is 5.69 Å². The highest BCUT2D eigenvalue weighted by Gasteiger charge is 2.07. The Morgan fingerprint density at radius 1 is 1.22 bits per heavy atom. The number of nitrogens with two attached hydrogens (primary N) is 1. The van der Waals surface area contributed by atoms with Crippen molar-refractivity contribution in [2.75, 3.05) is 32.0 Å². The van der Waals surface area contributed by atoms with Crippen LogP contribution in [0.5, 0.6) is 0 Å². The molecule has 18 heavy (non-hydrogen) atoms. The van der Waals surface area contributed by atoms with Crippen LogP contribution in [0.2, 0.25) is 0 Å². The lowest BCUT2D eigenvalue weighted by molar-refractivity contribution is 0.0466. The standard InChI is InChI=1S/C13H20N2O2.Mg.2H/c1-3-15(4-2)9-10-17-13(16)11-5-7-12(14)8-6-11;;;/h5-8H,3-4,9-10,14H2,1-2H3;;;. The third-order valence-corrected chi connectivity index (χ3v) is 2.68.